The summed E-state index contributed by atoms with van der Waals surface area (Å²) in [7, 11) is 1.78. The lowest BCUT2D eigenvalue weighted by Crippen LogP contribution is -2.66. The smallest absolute Gasteiger partial charge is 0.250 e. The van der Waals surface area contributed by atoms with Crippen molar-refractivity contribution in [1.82, 2.24) is 15.2 Å². The Morgan fingerprint density at radius 2 is 2.07 bits per heavy atom. The van der Waals surface area contributed by atoms with Gasteiger partial charge >= 0.3 is 0 Å². The zero-order chi connectivity index (χ0) is 19.4. The van der Waals surface area contributed by atoms with Crippen molar-refractivity contribution < 1.29 is 18.4 Å². The van der Waals surface area contributed by atoms with Crippen molar-refractivity contribution in [3.8, 4) is 0 Å². The molecule has 2 aliphatic rings. The van der Waals surface area contributed by atoms with Gasteiger partial charge in [0.2, 0.25) is 12.3 Å². The molecule has 1 saturated carbocycles. The van der Waals surface area contributed by atoms with Crippen molar-refractivity contribution in [3.63, 3.8) is 0 Å². The molecule has 1 aromatic heterocycles. The average Bonchev–Trinajstić information content (AvgIpc) is 2.68. The van der Waals surface area contributed by atoms with Gasteiger partial charge in [-0.25, -0.2) is 13.8 Å². The zero-order valence-corrected chi connectivity index (χ0v) is 15.6. The summed E-state index contributed by atoms with van der Waals surface area (Å²) in [4.78, 5) is 31.8. The lowest BCUT2D eigenvalue weighted by atomic mass is 9.85. The average molecular weight is 380 g/mol. The number of carbonyl (C=O) groups excluding carboxylic acids is 2. The molecule has 1 aliphatic carbocycles. The standard InChI is InChI=1S/C19H26F2N4O2/c1-24(15-6-3-2-4-7-15)18(27)19(23-13-26)8-5-9-25(12-19)17-16(21)10-14(20)11-22-17/h10-11,13,15H,2-9,12H2,1H3,(H,23,26). The maximum Gasteiger partial charge on any atom is 0.250 e. The second-order valence-electron chi connectivity index (χ2n) is 7.54. The highest BCUT2D eigenvalue weighted by Gasteiger charge is 2.45. The first-order valence-corrected chi connectivity index (χ1v) is 9.51. The quantitative estimate of drug-likeness (QED) is 0.796. The van der Waals surface area contributed by atoms with Crippen LogP contribution in [0.5, 0.6) is 0 Å². The van der Waals surface area contributed by atoms with Crippen LogP contribution < -0.4 is 10.2 Å². The number of pyridine rings is 1. The Labute approximate surface area is 157 Å². The van der Waals surface area contributed by atoms with Gasteiger partial charge in [-0.3, -0.25) is 9.59 Å². The molecule has 27 heavy (non-hydrogen) atoms. The molecule has 1 N–H and O–H groups in total. The number of nitrogens with one attached hydrogen (secondary N) is 1. The molecule has 1 aliphatic heterocycles. The topological polar surface area (TPSA) is 65.5 Å². The van der Waals surface area contributed by atoms with Gasteiger partial charge in [-0.2, -0.15) is 0 Å². The van der Waals surface area contributed by atoms with Crippen molar-refractivity contribution in [2.75, 3.05) is 25.0 Å². The molecular weight excluding hydrogens is 354 g/mol. The number of rotatable bonds is 5. The third-order valence-corrected chi connectivity index (χ3v) is 5.77. The van der Waals surface area contributed by atoms with Crippen LogP contribution in [-0.2, 0) is 9.59 Å². The van der Waals surface area contributed by atoms with Gasteiger partial charge in [0.15, 0.2) is 11.6 Å². The molecule has 148 valence electrons. The molecule has 1 saturated heterocycles. The Balaban J connectivity index is 1.83. The largest absolute Gasteiger partial charge is 0.351 e. The minimum atomic E-state index is -1.13. The number of likely N-dealkylation sites (N-methyl/N-ethyl adjacent to an activating group) is 1. The molecule has 6 nitrogen and oxygen atoms in total. The van der Waals surface area contributed by atoms with E-state index in [0.29, 0.717) is 25.8 Å². The Hall–Kier alpha value is -2.25. The van der Waals surface area contributed by atoms with E-state index in [1.807, 2.05) is 0 Å². The molecule has 2 heterocycles. The van der Waals surface area contributed by atoms with Crippen LogP contribution in [0.1, 0.15) is 44.9 Å². The fraction of sp³-hybridized carbons (Fsp3) is 0.632. The number of nitrogens with zero attached hydrogens (tertiary/aromatic N) is 3. The van der Waals surface area contributed by atoms with Crippen molar-refractivity contribution >= 4 is 18.1 Å². The summed E-state index contributed by atoms with van der Waals surface area (Å²) >= 11 is 0. The van der Waals surface area contributed by atoms with Crippen LogP contribution in [0.4, 0.5) is 14.6 Å². The number of aromatic nitrogens is 1. The maximum atomic E-state index is 14.2. The van der Waals surface area contributed by atoms with E-state index in [2.05, 4.69) is 10.3 Å². The summed E-state index contributed by atoms with van der Waals surface area (Å²) in [6, 6.07) is 0.939. The number of piperidine rings is 1. The Morgan fingerprint density at radius 3 is 2.74 bits per heavy atom. The molecule has 8 heteroatoms. The molecule has 1 atom stereocenters. The molecule has 0 spiro atoms. The van der Waals surface area contributed by atoms with Gasteiger partial charge in [-0.05, 0) is 25.7 Å². The Bertz CT molecular complexity index is 696. The van der Waals surface area contributed by atoms with E-state index in [4.69, 9.17) is 0 Å². The predicted octanol–water partition coefficient (Wildman–Crippen LogP) is 2.24. The maximum absolute atomic E-state index is 14.2. The highest BCUT2D eigenvalue weighted by Crippen LogP contribution is 2.30. The molecule has 2 amide bonds. The van der Waals surface area contributed by atoms with Crippen LogP contribution in [0.3, 0.4) is 0 Å². The third kappa shape index (κ3) is 4.04. The molecule has 3 rings (SSSR count). The summed E-state index contributed by atoms with van der Waals surface area (Å²) < 4.78 is 27.4. The van der Waals surface area contributed by atoms with Crippen LogP contribution in [0.25, 0.3) is 0 Å². The van der Waals surface area contributed by atoms with E-state index >= 15 is 0 Å². The number of hydrogen-bond acceptors (Lipinski definition) is 4. The minimum absolute atomic E-state index is 0.00120. The van der Waals surface area contributed by atoms with E-state index in [-0.39, 0.29) is 24.3 Å². The van der Waals surface area contributed by atoms with Crippen LogP contribution in [0, 0.1) is 11.6 Å². The summed E-state index contributed by atoms with van der Waals surface area (Å²) in [6.07, 6.45) is 7.82. The van der Waals surface area contributed by atoms with E-state index in [0.717, 1.165) is 37.9 Å². The Morgan fingerprint density at radius 1 is 1.33 bits per heavy atom. The molecule has 1 aromatic rings. The second kappa shape index (κ2) is 8.19. The molecule has 0 aromatic carbocycles. The van der Waals surface area contributed by atoms with Crippen LogP contribution in [-0.4, -0.2) is 53.9 Å². The molecular formula is C19H26F2N4O2. The zero-order valence-electron chi connectivity index (χ0n) is 15.6. The van der Waals surface area contributed by atoms with Gasteiger partial charge in [-0.1, -0.05) is 19.3 Å². The molecule has 2 fully saturated rings. The number of halogens is 2. The first kappa shape index (κ1) is 19.5. The summed E-state index contributed by atoms with van der Waals surface area (Å²) in [5, 5.41) is 2.71. The van der Waals surface area contributed by atoms with Gasteiger partial charge < -0.3 is 15.1 Å². The van der Waals surface area contributed by atoms with E-state index in [9.17, 15) is 18.4 Å². The number of amides is 2. The number of carbonyl (C=O) groups is 2. The fourth-order valence-electron chi connectivity index (χ4n) is 4.32. The summed E-state index contributed by atoms with van der Waals surface area (Å²) in [6.45, 7) is 0.593. The first-order valence-electron chi connectivity index (χ1n) is 9.51. The van der Waals surface area contributed by atoms with E-state index in [1.54, 1.807) is 16.8 Å². The highest BCUT2D eigenvalue weighted by molar-refractivity contribution is 5.89. The molecule has 0 radical (unpaired) electrons. The monoisotopic (exact) mass is 380 g/mol. The minimum Gasteiger partial charge on any atom is -0.351 e. The number of anilines is 1. The first-order chi connectivity index (χ1) is 13.0. The third-order valence-electron chi connectivity index (χ3n) is 5.77. The van der Waals surface area contributed by atoms with Crippen LogP contribution in [0.2, 0.25) is 0 Å². The second-order valence-corrected chi connectivity index (χ2v) is 7.54. The van der Waals surface area contributed by atoms with Gasteiger partial charge in [0.25, 0.3) is 0 Å². The van der Waals surface area contributed by atoms with Crippen LogP contribution in [0.15, 0.2) is 12.3 Å². The van der Waals surface area contributed by atoms with Crippen molar-refractivity contribution in [2.24, 2.45) is 0 Å². The summed E-state index contributed by atoms with van der Waals surface area (Å²) in [5.74, 6) is -1.68. The van der Waals surface area contributed by atoms with Crippen molar-refractivity contribution in [3.05, 3.63) is 23.9 Å². The SMILES string of the molecule is CN(C(=O)C1(NC=O)CCCN(c2ncc(F)cc2F)C1)C1CCCCC1. The van der Waals surface area contributed by atoms with Gasteiger partial charge in [-0.15, -0.1) is 0 Å². The lowest BCUT2D eigenvalue weighted by molar-refractivity contribution is -0.141. The lowest BCUT2D eigenvalue weighted by Gasteiger charge is -2.45. The van der Waals surface area contributed by atoms with Crippen molar-refractivity contribution in [1.29, 1.82) is 0 Å². The van der Waals surface area contributed by atoms with E-state index < -0.39 is 17.2 Å². The van der Waals surface area contributed by atoms with Crippen molar-refractivity contribution in [2.45, 2.75) is 56.5 Å². The summed E-state index contributed by atoms with van der Waals surface area (Å²) in [5.41, 5.74) is -1.13. The fourth-order valence-corrected chi connectivity index (χ4v) is 4.32. The predicted molar refractivity (Wildman–Crippen MR) is 97.2 cm³/mol. The van der Waals surface area contributed by atoms with E-state index in [1.165, 1.54) is 6.42 Å². The van der Waals surface area contributed by atoms with Crippen LogP contribution >= 0.6 is 0 Å². The Kier molecular flexibility index (Phi) is 5.92. The van der Waals surface area contributed by atoms with Gasteiger partial charge in [0, 0.05) is 25.7 Å². The number of hydrogen-bond donors (Lipinski definition) is 1. The molecule has 1 unspecified atom stereocenters. The van der Waals surface area contributed by atoms with Gasteiger partial charge in [0.1, 0.15) is 11.4 Å². The normalized spacial score (nSPS) is 23.7. The molecule has 0 bridgehead atoms. The highest BCUT2D eigenvalue weighted by atomic mass is 19.1. The van der Waals surface area contributed by atoms with Gasteiger partial charge in [0.05, 0.1) is 12.7 Å².